The molecule has 0 atom stereocenters. The topological polar surface area (TPSA) is 124 Å². The quantitative estimate of drug-likeness (QED) is 0.496. The normalized spacial score (nSPS) is 10.5. The van der Waals surface area contributed by atoms with Crippen LogP contribution in [0.25, 0.3) is 0 Å². The van der Waals surface area contributed by atoms with Crippen molar-refractivity contribution in [3.05, 3.63) is 23.6 Å². The van der Waals surface area contributed by atoms with Gasteiger partial charge in [0.15, 0.2) is 11.6 Å². The van der Waals surface area contributed by atoms with Gasteiger partial charge >= 0.3 is 0 Å². The lowest BCUT2D eigenvalue weighted by Gasteiger charge is -2.08. The number of rotatable bonds is 6. The minimum Gasteiger partial charge on any atom is -0.377 e. The number of hydrogen-bond acceptors (Lipinski definition) is 9. The van der Waals surface area contributed by atoms with E-state index in [1.165, 1.54) is 0 Å². The average molecular weight is 265 g/mol. The van der Waals surface area contributed by atoms with Gasteiger partial charge < -0.3 is 20.0 Å². The maximum Gasteiger partial charge on any atom is 0.223 e. The van der Waals surface area contributed by atoms with E-state index in [0.29, 0.717) is 42.3 Å². The number of aryl methyl sites for hydroxylation is 1. The van der Waals surface area contributed by atoms with Crippen molar-refractivity contribution in [3.8, 4) is 0 Å². The lowest BCUT2D eigenvalue weighted by Crippen LogP contribution is -2.13. The van der Waals surface area contributed by atoms with Crippen molar-refractivity contribution in [2.24, 2.45) is 5.84 Å². The highest BCUT2D eigenvalue weighted by Gasteiger charge is 2.06. The van der Waals surface area contributed by atoms with E-state index in [2.05, 4.69) is 30.9 Å². The Bertz CT molecular complexity index is 542. The Morgan fingerprint density at radius 1 is 1.26 bits per heavy atom. The minimum absolute atomic E-state index is 0.297. The van der Waals surface area contributed by atoms with Crippen molar-refractivity contribution in [2.45, 2.75) is 20.1 Å². The van der Waals surface area contributed by atoms with E-state index in [9.17, 15) is 0 Å². The summed E-state index contributed by atoms with van der Waals surface area (Å²) in [5.41, 5.74) is 2.47. The Balaban J connectivity index is 2.08. The molecule has 0 radical (unpaired) electrons. The summed E-state index contributed by atoms with van der Waals surface area (Å²) in [6, 6.07) is 1.67. The van der Waals surface area contributed by atoms with Gasteiger partial charge in [-0.15, -0.1) is 0 Å². The first-order valence-electron chi connectivity index (χ1n) is 5.58. The van der Waals surface area contributed by atoms with Crippen molar-refractivity contribution in [2.75, 3.05) is 17.9 Å². The molecule has 0 aromatic carbocycles. The van der Waals surface area contributed by atoms with E-state index in [4.69, 9.17) is 15.1 Å². The molecule has 2 aromatic heterocycles. The zero-order valence-electron chi connectivity index (χ0n) is 10.7. The first kappa shape index (κ1) is 13.2. The van der Waals surface area contributed by atoms with E-state index in [-0.39, 0.29) is 0 Å². The van der Waals surface area contributed by atoms with Gasteiger partial charge in [-0.25, -0.2) is 15.8 Å². The third-order valence-corrected chi connectivity index (χ3v) is 2.19. The molecule has 0 amide bonds. The molecule has 0 aliphatic rings. The predicted molar refractivity (Wildman–Crippen MR) is 66.9 cm³/mol. The van der Waals surface area contributed by atoms with Crippen LogP contribution in [0.3, 0.4) is 0 Å². The van der Waals surface area contributed by atoms with E-state index in [1.54, 1.807) is 20.1 Å². The van der Waals surface area contributed by atoms with Crippen LogP contribution in [0.1, 0.15) is 17.5 Å². The molecule has 0 unspecified atom stereocenters. The summed E-state index contributed by atoms with van der Waals surface area (Å²) in [5.74, 6) is 8.02. The summed E-state index contributed by atoms with van der Waals surface area (Å²) in [6.45, 7) is 2.42. The van der Waals surface area contributed by atoms with Crippen LogP contribution in [0.15, 0.2) is 10.6 Å². The molecule has 9 nitrogen and oxygen atoms in total. The largest absolute Gasteiger partial charge is 0.377 e. The van der Waals surface area contributed by atoms with Gasteiger partial charge in [0.2, 0.25) is 5.89 Å². The molecule has 2 rings (SSSR count). The molecule has 0 fully saturated rings. The molecule has 0 bridgehead atoms. The molecule has 2 heterocycles. The van der Waals surface area contributed by atoms with Gasteiger partial charge in [-0.2, -0.15) is 4.98 Å². The maximum atomic E-state index is 5.35. The Hall–Kier alpha value is -2.26. The summed E-state index contributed by atoms with van der Waals surface area (Å²) < 4.78 is 9.86. The van der Waals surface area contributed by atoms with Crippen LogP contribution in [-0.4, -0.2) is 27.2 Å². The predicted octanol–water partition coefficient (Wildman–Crippen LogP) is 0.212. The van der Waals surface area contributed by atoms with Gasteiger partial charge in [0.05, 0.1) is 6.54 Å². The van der Waals surface area contributed by atoms with Gasteiger partial charge in [-0.1, -0.05) is 5.16 Å². The third kappa shape index (κ3) is 3.60. The van der Waals surface area contributed by atoms with Gasteiger partial charge in [0.25, 0.3) is 0 Å². The number of ether oxygens (including phenoxy) is 1. The molecule has 9 heteroatoms. The van der Waals surface area contributed by atoms with Crippen LogP contribution in [0.4, 0.5) is 11.6 Å². The standard InChI is InChI=1S/C10H15N7O2/c1-6-13-9(17-19-6)4-12-7-3-8(16-11)15-10(14-7)5-18-2/h3H,4-5,11H2,1-2H3,(H2,12,14,15,16). The summed E-state index contributed by atoms with van der Waals surface area (Å²) in [5, 5.41) is 6.84. The number of nitrogens with two attached hydrogens (primary N) is 1. The number of hydrogen-bond donors (Lipinski definition) is 3. The number of nitrogen functional groups attached to an aromatic ring is 1. The summed E-state index contributed by atoms with van der Waals surface area (Å²) in [4.78, 5) is 12.5. The number of aromatic nitrogens is 4. The number of anilines is 2. The van der Waals surface area contributed by atoms with Gasteiger partial charge in [0, 0.05) is 20.1 Å². The Kier molecular flexibility index (Phi) is 4.21. The first-order valence-corrected chi connectivity index (χ1v) is 5.58. The monoisotopic (exact) mass is 265 g/mol. The van der Waals surface area contributed by atoms with E-state index >= 15 is 0 Å². The van der Waals surface area contributed by atoms with Crippen LogP contribution >= 0.6 is 0 Å². The lowest BCUT2D eigenvalue weighted by atomic mass is 10.4. The zero-order valence-corrected chi connectivity index (χ0v) is 10.7. The number of nitrogens with zero attached hydrogens (tertiary/aromatic N) is 4. The van der Waals surface area contributed by atoms with Crippen molar-refractivity contribution in [1.82, 2.24) is 20.1 Å². The fourth-order valence-corrected chi connectivity index (χ4v) is 1.44. The second kappa shape index (κ2) is 6.07. The Morgan fingerprint density at radius 3 is 2.68 bits per heavy atom. The van der Waals surface area contributed by atoms with E-state index < -0.39 is 0 Å². The molecule has 0 saturated heterocycles. The van der Waals surface area contributed by atoms with Crippen LogP contribution in [0, 0.1) is 6.92 Å². The highest BCUT2D eigenvalue weighted by atomic mass is 16.5. The number of hydrazine groups is 1. The van der Waals surface area contributed by atoms with Crippen molar-refractivity contribution in [3.63, 3.8) is 0 Å². The fraction of sp³-hybridized carbons (Fsp3) is 0.400. The lowest BCUT2D eigenvalue weighted by molar-refractivity contribution is 0.178. The molecule has 0 spiro atoms. The molecular formula is C10H15N7O2. The minimum atomic E-state index is 0.297. The van der Waals surface area contributed by atoms with E-state index in [0.717, 1.165) is 0 Å². The van der Waals surface area contributed by atoms with Crippen LogP contribution in [0.2, 0.25) is 0 Å². The highest BCUT2D eigenvalue weighted by molar-refractivity contribution is 5.46. The first-order chi connectivity index (χ1) is 9.21. The van der Waals surface area contributed by atoms with E-state index in [1.807, 2.05) is 0 Å². The van der Waals surface area contributed by atoms with Gasteiger partial charge in [-0.3, -0.25) is 0 Å². The molecule has 0 saturated carbocycles. The fourth-order valence-electron chi connectivity index (χ4n) is 1.44. The second-order valence-electron chi connectivity index (χ2n) is 3.72. The van der Waals surface area contributed by atoms with Crippen molar-refractivity contribution < 1.29 is 9.26 Å². The second-order valence-corrected chi connectivity index (χ2v) is 3.72. The molecule has 0 aliphatic heterocycles. The summed E-state index contributed by atoms with van der Waals surface area (Å²) >= 11 is 0. The maximum absolute atomic E-state index is 5.35. The average Bonchev–Trinajstić information content (AvgIpc) is 2.82. The highest BCUT2D eigenvalue weighted by Crippen LogP contribution is 2.11. The smallest absolute Gasteiger partial charge is 0.223 e. The Morgan fingerprint density at radius 2 is 2.05 bits per heavy atom. The molecule has 0 aliphatic carbocycles. The number of nitrogens with one attached hydrogen (secondary N) is 2. The summed E-state index contributed by atoms with van der Waals surface area (Å²) in [6.07, 6.45) is 0. The van der Waals surface area contributed by atoms with Gasteiger partial charge in [0.1, 0.15) is 18.2 Å². The van der Waals surface area contributed by atoms with Crippen LogP contribution in [-0.2, 0) is 17.9 Å². The third-order valence-electron chi connectivity index (χ3n) is 2.19. The molecule has 2 aromatic rings. The van der Waals surface area contributed by atoms with Crippen LogP contribution < -0.4 is 16.6 Å². The molecule has 19 heavy (non-hydrogen) atoms. The van der Waals surface area contributed by atoms with Gasteiger partial charge in [-0.05, 0) is 0 Å². The molecule has 102 valence electrons. The van der Waals surface area contributed by atoms with Crippen molar-refractivity contribution >= 4 is 11.6 Å². The number of methoxy groups -OCH3 is 1. The Labute approximate surface area is 109 Å². The SMILES string of the molecule is COCc1nc(NN)cc(NCc2noc(C)n2)n1. The molecule has 4 N–H and O–H groups in total. The zero-order chi connectivity index (χ0) is 13.7. The summed E-state index contributed by atoms with van der Waals surface area (Å²) in [7, 11) is 1.57. The van der Waals surface area contributed by atoms with Crippen molar-refractivity contribution in [1.29, 1.82) is 0 Å². The molecular weight excluding hydrogens is 250 g/mol. The van der Waals surface area contributed by atoms with Crippen LogP contribution in [0.5, 0.6) is 0 Å².